The molecule has 2 N–H and O–H groups in total. The van der Waals surface area contributed by atoms with E-state index < -0.39 is 18.4 Å². The molecule has 0 aliphatic rings. The Bertz CT molecular complexity index is 940. The van der Waals surface area contributed by atoms with Crippen LogP contribution in [0, 0.1) is 0 Å². The van der Waals surface area contributed by atoms with E-state index in [2.05, 4.69) is 10.1 Å². The maximum atomic E-state index is 12.3. The molecular weight excluding hydrogens is 383 g/mol. The third-order valence-electron chi connectivity index (χ3n) is 4.23. The summed E-state index contributed by atoms with van der Waals surface area (Å²) in [5.41, 5.74) is 3.28. The minimum atomic E-state index is -4.76. The van der Waals surface area contributed by atoms with Gasteiger partial charge in [0.15, 0.2) is 0 Å². The molecule has 0 aliphatic carbocycles. The molecule has 7 heteroatoms. The number of halogens is 3. The SMILES string of the molecule is O=C(O)CC(Nc1ccc(OC(F)(F)F)cc1)c1ccc(-c2ccccc2)cc1. The molecule has 0 amide bonds. The van der Waals surface area contributed by atoms with Gasteiger partial charge in [0.05, 0.1) is 12.5 Å². The molecule has 1 unspecified atom stereocenters. The Hall–Kier alpha value is -3.48. The highest BCUT2D eigenvalue weighted by atomic mass is 19.4. The van der Waals surface area contributed by atoms with Gasteiger partial charge >= 0.3 is 12.3 Å². The van der Waals surface area contributed by atoms with Crippen LogP contribution in [0.25, 0.3) is 11.1 Å². The molecule has 0 heterocycles. The second kappa shape index (κ2) is 8.68. The highest BCUT2D eigenvalue weighted by molar-refractivity contribution is 5.69. The molecule has 0 spiro atoms. The zero-order valence-electron chi connectivity index (χ0n) is 15.2. The van der Waals surface area contributed by atoms with Gasteiger partial charge in [0.1, 0.15) is 5.75 Å². The summed E-state index contributed by atoms with van der Waals surface area (Å²) >= 11 is 0. The molecule has 0 aromatic heterocycles. The standard InChI is InChI=1S/C22H18F3NO3/c23-22(24,25)29-19-12-10-18(11-13-19)26-20(14-21(27)28)17-8-6-16(7-9-17)15-4-2-1-3-5-15/h1-13,20,26H,14H2,(H,27,28). The maximum Gasteiger partial charge on any atom is 0.573 e. The Balaban J connectivity index is 1.77. The number of nitrogens with one attached hydrogen (secondary N) is 1. The molecule has 0 aliphatic heterocycles. The average molecular weight is 401 g/mol. The Kier molecular flexibility index (Phi) is 6.07. The van der Waals surface area contributed by atoms with E-state index in [1.54, 1.807) is 0 Å². The van der Waals surface area contributed by atoms with Crippen LogP contribution in [0.4, 0.5) is 18.9 Å². The summed E-state index contributed by atoms with van der Waals surface area (Å²) in [6.07, 6.45) is -4.95. The van der Waals surface area contributed by atoms with Gasteiger partial charge in [0.25, 0.3) is 0 Å². The third kappa shape index (κ3) is 6.00. The molecule has 0 bridgehead atoms. The van der Waals surface area contributed by atoms with Crippen LogP contribution in [0.1, 0.15) is 18.0 Å². The van der Waals surface area contributed by atoms with Crippen molar-refractivity contribution in [3.05, 3.63) is 84.4 Å². The van der Waals surface area contributed by atoms with Crippen LogP contribution in [0.5, 0.6) is 5.75 Å². The number of hydrogen-bond acceptors (Lipinski definition) is 3. The summed E-state index contributed by atoms with van der Waals surface area (Å²) < 4.78 is 40.7. The van der Waals surface area contributed by atoms with Crippen LogP contribution in [0.3, 0.4) is 0 Å². The topological polar surface area (TPSA) is 58.6 Å². The van der Waals surface area contributed by atoms with Crippen LogP contribution in [0.15, 0.2) is 78.9 Å². The van der Waals surface area contributed by atoms with Gasteiger partial charge in [0, 0.05) is 5.69 Å². The van der Waals surface area contributed by atoms with Crippen molar-refractivity contribution in [3.8, 4) is 16.9 Å². The number of benzene rings is 3. The van der Waals surface area contributed by atoms with Crippen LogP contribution < -0.4 is 10.1 Å². The molecule has 0 saturated carbocycles. The van der Waals surface area contributed by atoms with Gasteiger partial charge < -0.3 is 15.2 Å². The first-order chi connectivity index (χ1) is 13.8. The van der Waals surface area contributed by atoms with Crippen molar-refractivity contribution in [1.82, 2.24) is 0 Å². The smallest absolute Gasteiger partial charge is 0.481 e. The molecule has 1 atom stereocenters. The Morgan fingerprint density at radius 3 is 2.03 bits per heavy atom. The molecule has 150 valence electrons. The fraction of sp³-hybridized carbons (Fsp3) is 0.136. The first kappa shape index (κ1) is 20.3. The van der Waals surface area contributed by atoms with Crippen molar-refractivity contribution < 1.29 is 27.8 Å². The summed E-state index contributed by atoms with van der Waals surface area (Å²) in [6.45, 7) is 0. The summed E-state index contributed by atoms with van der Waals surface area (Å²) in [6, 6.07) is 21.9. The largest absolute Gasteiger partial charge is 0.573 e. The van der Waals surface area contributed by atoms with Crippen LogP contribution in [-0.2, 0) is 4.79 Å². The van der Waals surface area contributed by atoms with Crippen molar-refractivity contribution in [1.29, 1.82) is 0 Å². The van der Waals surface area contributed by atoms with Crippen LogP contribution in [-0.4, -0.2) is 17.4 Å². The summed E-state index contributed by atoms with van der Waals surface area (Å²) in [5, 5.41) is 12.3. The lowest BCUT2D eigenvalue weighted by Crippen LogP contribution is -2.17. The minimum absolute atomic E-state index is 0.189. The lowest BCUT2D eigenvalue weighted by Gasteiger charge is -2.19. The van der Waals surface area contributed by atoms with E-state index in [0.717, 1.165) is 16.7 Å². The zero-order valence-corrected chi connectivity index (χ0v) is 15.2. The van der Waals surface area contributed by atoms with E-state index >= 15 is 0 Å². The normalized spacial score (nSPS) is 12.2. The van der Waals surface area contributed by atoms with E-state index in [1.165, 1.54) is 24.3 Å². The predicted octanol–water partition coefficient (Wildman–Crippen LogP) is 5.88. The van der Waals surface area contributed by atoms with Gasteiger partial charge in [-0.15, -0.1) is 13.2 Å². The molecule has 0 saturated heterocycles. The number of alkyl halides is 3. The molecule has 3 aromatic rings. The lowest BCUT2D eigenvalue weighted by molar-refractivity contribution is -0.274. The van der Waals surface area contributed by atoms with Crippen molar-refractivity contribution in [3.63, 3.8) is 0 Å². The number of rotatable bonds is 7. The number of ether oxygens (including phenoxy) is 1. The number of anilines is 1. The van der Waals surface area contributed by atoms with E-state index in [9.17, 15) is 23.1 Å². The number of carbonyl (C=O) groups is 1. The second-order valence-corrected chi connectivity index (χ2v) is 6.36. The fourth-order valence-corrected chi connectivity index (χ4v) is 2.92. The highest BCUT2D eigenvalue weighted by Gasteiger charge is 2.31. The molecule has 0 fully saturated rings. The molecule has 3 aromatic carbocycles. The van der Waals surface area contributed by atoms with Gasteiger partial charge in [-0.1, -0.05) is 54.6 Å². The van der Waals surface area contributed by atoms with Crippen molar-refractivity contribution >= 4 is 11.7 Å². The van der Waals surface area contributed by atoms with Gasteiger partial charge in [0.2, 0.25) is 0 Å². The van der Waals surface area contributed by atoms with Gasteiger partial charge in [-0.3, -0.25) is 4.79 Å². The molecule has 3 rings (SSSR count). The van der Waals surface area contributed by atoms with E-state index in [1.807, 2.05) is 54.6 Å². The minimum Gasteiger partial charge on any atom is -0.481 e. The summed E-state index contributed by atoms with van der Waals surface area (Å²) in [5.74, 6) is -1.34. The molecular formula is C22H18F3NO3. The summed E-state index contributed by atoms with van der Waals surface area (Å²) in [7, 11) is 0. The van der Waals surface area contributed by atoms with E-state index in [-0.39, 0.29) is 12.2 Å². The first-order valence-corrected chi connectivity index (χ1v) is 8.80. The highest BCUT2D eigenvalue weighted by Crippen LogP contribution is 2.28. The van der Waals surface area contributed by atoms with Gasteiger partial charge in [-0.25, -0.2) is 0 Å². The number of hydrogen-bond donors (Lipinski definition) is 2. The van der Waals surface area contributed by atoms with Crippen LogP contribution >= 0.6 is 0 Å². The third-order valence-corrected chi connectivity index (χ3v) is 4.23. The fourth-order valence-electron chi connectivity index (χ4n) is 2.92. The second-order valence-electron chi connectivity index (χ2n) is 6.36. The molecule has 29 heavy (non-hydrogen) atoms. The van der Waals surface area contributed by atoms with Crippen LogP contribution in [0.2, 0.25) is 0 Å². The summed E-state index contributed by atoms with van der Waals surface area (Å²) in [4.78, 5) is 11.3. The number of aliphatic carboxylic acids is 1. The molecule has 0 radical (unpaired) electrons. The zero-order chi connectivity index (χ0) is 20.9. The Morgan fingerprint density at radius 2 is 1.48 bits per heavy atom. The van der Waals surface area contributed by atoms with Crippen molar-refractivity contribution in [2.75, 3.05) is 5.32 Å². The first-order valence-electron chi connectivity index (χ1n) is 8.80. The van der Waals surface area contributed by atoms with Crippen molar-refractivity contribution in [2.45, 2.75) is 18.8 Å². The van der Waals surface area contributed by atoms with Crippen molar-refractivity contribution in [2.24, 2.45) is 0 Å². The predicted molar refractivity (Wildman–Crippen MR) is 104 cm³/mol. The lowest BCUT2D eigenvalue weighted by atomic mass is 9.99. The monoisotopic (exact) mass is 401 g/mol. The quantitative estimate of drug-likeness (QED) is 0.519. The van der Waals surface area contributed by atoms with E-state index in [4.69, 9.17) is 0 Å². The maximum absolute atomic E-state index is 12.3. The van der Waals surface area contributed by atoms with Gasteiger partial charge in [-0.05, 0) is 41.0 Å². The number of carboxylic acid groups (broad SMARTS) is 1. The van der Waals surface area contributed by atoms with E-state index in [0.29, 0.717) is 5.69 Å². The van der Waals surface area contributed by atoms with Gasteiger partial charge in [-0.2, -0.15) is 0 Å². The Morgan fingerprint density at radius 1 is 0.897 bits per heavy atom. The Labute approximate surface area is 165 Å². The number of carboxylic acids is 1. The molecule has 4 nitrogen and oxygen atoms in total. The average Bonchev–Trinajstić information content (AvgIpc) is 2.68.